The molecule has 0 saturated carbocycles. The summed E-state index contributed by atoms with van der Waals surface area (Å²) < 4.78 is 1.89. The highest BCUT2D eigenvalue weighted by atomic mass is 32.2. The minimum atomic E-state index is -0.0621. The highest BCUT2D eigenvalue weighted by Gasteiger charge is 2.16. The lowest BCUT2D eigenvalue weighted by Crippen LogP contribution is -2.31. The minimum Gasteiger partial charge on any atom is -0.348 e. The lowest BCUT2D eigenvalue weighted by Gasteiger charge is -2.19. The molecule has 0 fully saturated rings. The van der Waals surface area contributed by atoms with E-state index in [1.54, 1.807) is 0 Å². The van der Waals surface area contributed by atoms with E-state index in [-0.39, 0.29) is 11.9 Å². The summed E-state index contributed by atoms with van der Waals surface area (Å²) in [5.41, 5.74) is 2.29. The van der Waals surface area contributed by atoms with Gasteiger partial charge in [0.15, 0.2) is 5.16 Å². The zero-order valence-electron chi connectivity index (χ0n) is 14.9. The van der Waals surface area contributed by atoms with Crippen LogP contribution < -0.4 is 5.32 Å². The van der Waals surface area contributed by atoms with Crippen LogP contribution in [-0.2, 0) is 18.3 Å². The second-order valence-electron chi connectivity index (χ2n) is 6.10. The third-order valence-corrected chi connectivity index (χ3v) is 5.23. The fraction of sp³-hybridized carbons (Fsp3) is 0.250. The molecule has 6 heteroatoms. The van der Waals surface area contributed by atoms with Gasteiger partial charge in [0.2, 0.25) is 5.91 Å². The number of thioether (sulfide) groups is 1. The number of aryl methyl sites for hydroxylation is 1. The molecule has 0 spiro atoms. The Morgan fingerprint density at radius 1 is 1.08 bits per heavy atom. The van der Waals surface area contributed by atoms with Crippen LogP contribution in [-0.4, -0.2) is 26.4 Å². The molecule has 0 bridgehead atoms. The highest BCUT2D eigenvalue weighted by Crippen LogP contribution is 2.20. The first-order valence-corrected chi connectivity index (χ1v) is 9.49. The Bertz CT molecular complexity index is 849. The maximum absolute atomic E-state index is 12.5. The Balaban J connectivity index is 1.67. The summed E-state index contributed by atoms with van der Waals surface area (Å²) in [6.45, 7) is 1.89. The molecule has 1 heterocycles. The summed E-state index contributed by atoms with van der Waals surface area (Å²) in [6.07, 6.45) is 0.754. The van der Waals surface area contributed by atoms with E-state index in [0.29, 0.717) is 5.75 Å². The first-order valence-electron chi connectivity index (χ1n) is 8.50. The second kappa shape index (κ2) is 8.67. The van der Waals surface area contributed by atoms with Crippen LogP contribution in [0, 0.1) is 6.92 Å². The van der Waals surface area contributed by atoms with Crippen molar-refractivity contribution >= 4 is 17.7 Å². The SMILES string of the molecule is Cc1nnc(SCC(=O)N[C@@H](Cc2ccccc2)c2ccccc2)n1C. The van der Waals surface area contributed by atoms with Gasteiger partial charge in [-0.2, -0.15) is 0 Å². The molecular weight excluding hydrogens is 344 g/mol. The average Bonchev–Trinajstić information content (AvgIpc) is 2.99. The molecule has 26 heavy (non-hydrogen) atoms. The number of nitrogens with zero attached hydrogens (tertiary/aromatic N) is 3. The number of rotatable bonds is 7. The fourth-order valence-corrected chi connectivity index (χ4v) is 3.43. The van der Waals surface area contributed by atoms with Crippen LogP contribution in [0.5, 0.6) is 0 Å². The van der Waals surface area contributed by atoms with Crippen LogP contribution in [0.25, 0.3) is 0 Å². The van der Waals surface area contributed by atoms with Crippen molar-refractivity contribution in [2.24, 2.45) is 7.05 Å². The van der Waals surface area contributed by atoms with Crippen molar-refractivity contribution < 1.29 is 4.79 Å². The van der Waals surface area contributed by atoms with E-state index in [2.05, 4.69) is 27.6 Å². The van der Waals surface area contributed by atoms with E-state index >= 15 is 0 Å². The molecule has 0 radical (unpaired) electrons. The van der Waals surface area contributed by atoms with Crippen LogP contribution in [0.1, 0.15) is 23.0 Å². The molecule has 1 aromatic heterocycles. The molecular formula is C20H22N4OS. The van der Waals surface area contributed by atoms with Crippen LogP contribution in [0.15, 0.2) is 65.8 Å². The van der Waals surface area contributed by atoms with Gasteiger partial charge >= 0.3 is 0 Å². The Morgan fingerprint density at radius 2 is 1.73 bits per heavy atom. The van der Waals surface area contributed by atoms with E-state index in [1.165, 1.54) is 17.3 Å². The molecule has 0 aliphatic carbocycles. The van der Waals surface area contributed by atoms with Gasteiger partial charge in [-0.3, -0.25) is 4.79 Å². The fourth-order valence-electron chi connectivity index (χ4n) is 2.67. The molecule has 3 rings (SSSR count). The Labute approximate surface area is 157 Å². The van der Waals surface area contributed by atoms with Crippen LogP contribution in [0.4, 0.5) is 0 Å². The van der Waals surface area contributed by atoms with E-state index in [1.807, 2.05) is 67.1 Å². The predicted octanol–water partition coefficient (Wildman–Crippen LogP) is 3.32. The van der Waals surface area contributed by atoms with Gasteiger partial charge < -0.3 is 9.88 Å². The lowest BCUT2D eigenvalue weighted by atomic mass is 9.99. The molecule has 1 amide bonds. The van der Waals surface area contributed by atoms with E-state index in [0.717, 1.165) is 23.0 Å². The summed E-state index contributed by atoms with van der Waals surface area (Å²) in [7, 11) is 1.90. The lowest BCUT2D eigenvalue weighted by molar-refractivity contribution is -0.119. The Hall–Kier alpha value is -2.60. The number of aromatic nitrogens is 3. The number of carbonyl (C=O) groups is 1. The minimum absolute atomic E-state index is 0.0135. The maximum Gasteiger partial charge on any atom is 0.230 e. The van der Waals surface area contributed by atoms with Gasteiger partial charge in [0.1, 0.15) is 5.82 Å². The number of amides is 1. The first kappa shape index (κ1) is 18.2. The molecule has 3 aromatic rings. The smallest absolute Gasteiger partial charge is 0.230 e. The molecule has 0 aliphatic rings. The third-order valence-electron chi connectivity index (χ3n) is 4.20. The standard InChI is InChI=1S/C20H22N4OS/c1-15-22-23-20(24(15)2)26-14-19(25)21-18(17-11-7-4-8-12-17)13-16-9-5-3-6-10-16/h3-12,18H,13-14H2,1-2H3,(H,21,25)/t18-/m0/s1. The molecule has 0 aliphatic heterocycles. The van der Waals surface area contributed by atoms with Crippen molar-refractivity contribution in [3.63, 3.8) is 0 Å². The first-order chi connectivity index (χ1) is 12.6. The van der Waals surface area contributed by atoms with Crippen LogP contribution >= 0.6 is 11.8 Å². The van der Waals surface area contributed by atoms with Crippen molar-refractivity contribution in [1.82, 2.24) is 20.1 Å². The molecule has 0 saturated heterocycles. The van der Waals surface area contributed by atoms with Crippen LogP contribution in [0.3, 0.4) is 0 Å². The van der Waals surface area contributed by atoms with E-state index in [4.69, 9.17) is 0 Å². The van der Waals surface area contributed by atoms with E-state index in [9.17, 15) is 4.79 Å². The van der Waals surface area contributed by atoms with Crippen LogP contribution in [0.2, 0.25) is 0 Å². The average molecular weight is 366 g/mol. The van der Waals surface area contributed by atoms with Gasteiger partial charge in [-0.1, -0.05) is 72.4 Å². The molecule has 5 nitrogen and oxygen atoms in total. The summed E-state index contributed by atoms with van der Waals surface area (Å²) >= 11 is 1.40. The molecule has 1 N–H and O–H groups in total. The third kappa shape index (κ3) is 4.73. The summed E-state index contributed by atoms with van der Waals surface area (Å²) in [5.74, 6) is 1.13. The van der Waals surface area contributed by atoms with Crippen molar-refractivity contribution in [1.29, 1.82) is 0 Å². The number of nitrogens with one attached hydrogen (secondary N) is 1. The topological polar surface area (TPSA) is 59.8 Å². The Morgan fingerprint density at radius 3 is 2.35 bits per heavy atom. The zero-order valence-corrected chi connectivity index (χ0v) is 15.7. The van der Waals surface area contributed by atoms with Gasteiger partial charge in [-0.25, -0.2) is 0 Å². The van der Waals surface area contributed by atoms with Crippen molar-refractivity contribution in [3.8, 4) is 0 Å². The van der Waals surface area contributed by atoms with Gasteiger partial charge in [0, 0.05) is 7.05 Å². The van der Waals surface area contributed by atoms with Gasteiger partial charge in [-0.15, -0.1) is 10.2 Å². The van der Waals surface area contributed by atoms with Crippen molar-refractivity contribution in [2.45, 2.75) is 24.5 Å². The molecule has 134 valence electrons. The molecule has 2 aromatic carbocycles. The van der Waals surface area contributed by atoms with Gasteiger partial charge in [0.25, 0.3) is 0 Å². The van der Waals surface area contributed by atoms with Gasteiger partial charge in [0.05, 0.1) is 11.8 Å². The summed E-state index contributed by atoms with van der Waals surface area (Å²) in [6, 6.07) is 20.2. The van der Waals surface area contributed by atoms with E-state index < -0.39 is 0 Å². The number of hydrogen-bond acceptors (Lipinski definition) is 4. The second-order valence-corrected chi connectivity index (χ2v) is 7.04. The number of carbonyl (C=O) groups excluding carboxylic acids is 1. The maximum atomic E-state index is 12.5. The predicted molar refractivity (Wildman–Crippen MR) is 104 cm³/mol. The normalized spacial score (nSPS) is 11.9. The largest absolute Gasteiger partial charge is 0.348 e. The monoisotopic (exact) mass is 366 g/mol. The van der Waals surface area contributed by atoms with Crippen molar-refractivity contribution in [3.05, 3.63) is 77.6 Å². The number of benzene rings is 2. The number of hydrogen-bond donors (Lipinski definition) is 1. The quantitative estimate of drug-likeness (QED) is 0.652. The Kier molecular flexibility index (Phi) is 6.07. The summed E-state index contributed by atoms with van der Waals surface area (Å²) in [5, 5.41) is 12.0. The molecule has 1 atom stereocenters. The zero-order chi connectivity index (χ0) is 18.4. The van der Waals surface area contributed by atoms with Crippen molar-refractivity contribution in [2.75, 3.05) is 5.75 Å². The molecule has 0 unspecified atom stereocenters. The highest BCUT2D eigenvalue weighted by molar-refractivity contribution is 7.99. The summed E-state index contributed by atoms with van der Waals surface area (Å²) in [4.78, 5) is 12.5. The van der Waals surface area contributed by atoms with Gasteiger partial charge in [-0.05, 0) is 24.5 Å².